The largest absolute Gasteiger partial charge is 0.383 e. The van der Waals surface area contributed by atoms with E-state index in [9.17, 15) is 10.1 Å². The molecule has 3 aromatic rings. The number of hydrogen-bond acceptors (Lipinski definition) is 8. The molecule has 0 radical (unpaired) electrons. The normalized spacial score (nSPS) is 10.5. The fraction of sp³-hybridized carbons (Fsp3) is 0.167. The van der Waals surface area contributed by atoms with E-state index in [1.54, 1.807) is 24.3 Å². The summed E-state index contributed by atoms with van der Waals surface area (Å²) < 4.78 is 1.34. The smallest absolute Gasteiger partial charge is 0.269 e. The Hall–Kier alpha value is -3.30. The molecule has 0 amide bonds. The molecule has 0 bridgehead atoms. The number of nitro groups is 1. The van der Waals surface area contributed by atoms with E-state index in [4.69, 9.17) is 0 Å². The van der Waals surface area contributed by atoms with E-state index in [1.807, 2.05) is 0 Å². The van der Waals surface area contributed by atoms with Crippen molar-refractivity contribution in [2.75, 3.05) is 23.7 Å². The van der Waals surface area contributed by atoms with Crippen LogP contribution in [0.4, 0.5) is 17.2 Å². The van der Waals surface area contributed by atoms with Gasteiger partial charge in [0.15, 0.2) is 5.65 Å². The molecule has 112 valence electrons. The van der Waals surface area contributed by atoms with E-state index in [2.05, 4.69) is 31.3 Å². The van der Waals surface area contributed by atoms with E-state index in [0.717, 1.165) is 5.69 Å². The van der Waals surface area contributed by atoms with Crippen LogP contribution in [0.5, 0.6) is 0 Å². The Balaban J connectivity index is 1.49. The Labute approximate surface area is 124 Å². The van der Waals surface area contributed by atoms with Gasteiger partial charge in [0.25, 0.3) is 5.69 Å². The molecular weight excluding hydrogens is 288 g/mol. The van der Waals surface area contributed by atoms with E-state index in [1.165, 1.54) is 16.8 Å². The second kappa shape index (κ2) is 5.99. The molecule has 10 heteroatoms. The molecule has 0 atom stereocenters. The minimum absolute atomic E-state index is 0.0719. The van der Waals surface area contributed by atoms with Gasteiger partial charge in [-0.1, -0.05) is 0 Å². The van der Waals surface area contributed by atoms with E-state index < -0.39 is 4.92 Å². The van der Waals surface area contributed by atoms with Gasteiger partial charge in [0.2, 0.25) is 0 Å². The van der Waals surface area contributed by atoms with Gasteiger partial charge in [-0.2, -0.15) is 0 Å². The zero-order chi connectivity index (χ0) is 15.4. The Morgan fingerprint density at radius 1 is 1.09 bits per heavy atom. The van der Waals surface area contributed by atoms with Crippen LogP contribution < -0.4 is 10.6 Å². The second-order valence-electron chi connectivity index (χ2n) is 4.40. The number of tetrazole rings is 1. The number of anilines is 2. The Morgan fingerprint density at radius 2 is 1.86 bits per heavy atom. The van der Waals surface area contributed by atoms with Crippen molar-refractivity contribution >= 4 is 22.8 Å². The Kier molecular flexibility index (Phi) is 3.72. The van der Waals surface area contributed by atoms with Gasteiger partial charge in [-0.15, -0.1) is 14.8 Å². The highest BCUT2D eigenvalue weighted by Gasteiger charge is 2.03. The van der Waals surface area contributed by atoms with Crippen LogP contribution in [-0.2, 0) is 0 Å². The number of fused-ring (bicyclic) bond motifs is 1. The lowest BCUT2D eigenvalue weighted by Gasteiger charge is -2.07. The maximum absolute atomic E-state index is 10.6. The van der Waals surface area contributed by atoms with Crippen LogP contribution in [0.25, 0.3) is 5.65 Å². The van der Waals surface area contributed by atoms with Crippen molar-refractivity contribution in [3.05, 3.63) is 46.5 Å². The van der Waals surface area contributed by atoms with Crippen molar-refractivity contribution in [2.24, 2.45) is 0 Å². The average molecular weight is 300 g/mol. The summed E-state index contributed by atoms with van der Waals surface area (Å²) in [5.74, 6) is 0.658. The maximum Gasteiger partial charge on any atom is 0.269 e. The van der Waals surface area contributed by atoms with Crippen molar-refractivity contribution in [2.45, 2.75) is 0 Å². The zero-order valence-corrected chi connectivity index (χ0v) is 11.4. The third kappa shape index (κ3) is 3.06. The van der Waals surface area contributed by atoms with E-state index in [0.29, 0.717) is 24.6 Å². The number of nitro benzene ring substituents is 1. The predicted octanol–water partition coefficient (Wildman–Crippen LogP) is 0.951. The summed E-state index contributed by atoms with van der Waals surface area (Å²) in [6.07, 6.45) is 0. The van der Waals surface area contributed by atoms with E-state index >= 15 is 0 Å². The van der Waals surface area contributed by atoms with E-state index in [-0.39, 0.29) is 5.69 Å². The first-order valence-corrected chi connectivity index (χ1v) is 6.50. The van der Waals surface area contributed by atoms with Gasteiger partial charge in [0, 0.05) is 30.9 Å². The zero-order valence-electron chi connectivity index (χ0n) is 11.4. The molecule has 0 aliphatic carbocycles. The molecule has 0 saturated heterocycles. The van der Waals surface area contributed by atoms with Crippen LogP contribution >= 0.6 is 0 Å². The van der Waals surface area contributed by atoms with Crippen LogP contribution in [0.2, 0.25) is 0 Å². The highest BCUT2D eigenvalue weighted by atomic mass is 16.6. The molecule has 0 aliphatic rings. The molecular formula is C12H12N8O2. The topological polar surface area (TPSA) is 123 Å². The van der Waals surface area contributed by atoms with Crippen molar-refractivity contribution in [1.82, 2.24) is 25.3 Å². The molecule has 2 aromatic heterocycles. The minimum Gasteiger partial charge on any atom is -0.383 e. The van der Waals surface area contributed by atoms with Crippen molar-refractivity contribution in [1.29, 1.82) is 0 Å². The summed E-state index contributed by atoms with van der Waals surface area (Å²) in [5, 5.41) is 32.0. The molecule has 0 fully saturated rings. The lowest BCUT2D eigenvalue weighted by molar-refractivity contribution is -0.384. The molecule has 0 unspecified atom stereocenters. The fourth-order valence-corrected chi connectivity index (χ4v) is 1.84. The average Bonchev–Trinajstić information content (AvgIpc) is 2.99. The van der Waals surface area contributed by atoms with Crippen molar-refractivity contribution in [3.63, 3.8) is 0 Å². The maximum atomic E-state index is 10.6. The van der Waals surface area contributed by atoms with Crippen LogP contribution in [0.15, 0.2) is 36.4 Å². The molecule has 10 nitrogen and oxygen atoms in total. The number of nitrogens with one attached hydrogen (secondary N) is 2. The number of hydrogen-bond donors (Lipinski definition) is 2. The SMILES string of the molecule is O=[N+]([O-])c1ccc(NCCNc2ccc3nnnn3n2)cc1. The lowest BCUT2D eigenvalue weighted by Crippen LogP contribution is -2.15. The molecule has 1 aromatic carbocycles. The first kappa shape index (κ1) is 13.7. The van der Waals surface area contributed by atoms with Gasteiger partial charge in [-0.25, -0.2) is 0 Å². The quantitative estimate of drug-likeness (QED) is 0.392. The van der Waals surface area contributed by atoms with Crippen LogP contribution in [0, 0.1) is 10.1 Å². The summed E-state index contributed by atoms with van der Waals surface area (Å²) in [6.45, 7) is 1.25. The van der Waals surface area contributed by atoms with Gasteiger partial charge < -0.3 is 10.6 Å². The fourth-order valence-electron chi connectivity index (χ4n) is 1.84. The first-order valence-electron chi connectivity index (χ1n) is 6.50. The molecule has 2 N–H and O–H groups in total. The molecule has 3 rings (SSSR count). The number of non-ortho nitro benzene ring substituents is 1. The van der Waals surface area contributed by atoms with Crippen molar-refractivity contribution in [3.8, 4) is 0 Å². The minimum atomic E-state index is -0.424. The summed E-state index contributed by atoms with van der Waals surface area (Å²) in [6, 6.07) is 9.82. The molecule has 2 heterocycles. The third-order valence-corrected chi connectivity index (χ3v) is 2.91. The molecule has 0 aliphatic heterocycles. The third-order valence-electron chi connectivity index (χ3n) is 2.91. The number of aromatic nitrogens is 5. The predicted molar refractivity (Wildman–Crippen MR) is 78.7 cm³/mol. The second-order valence-corrected chi connectivity index (χ2v) is 4.40. The van der Waals surface area contributed by atoms with Gasteiger partial charge in [-0.05, 0) is 34.7 Å². The van der Waals surface area contributed by atoms with Crippen molar-refractivity contribution < 1.29 is 4.92 Å². The highest BCUT2D eigenvalue weighted by molar-refractivity contribution is 5.48. The standard InChI is InChI=1S/C12H12N8O2/c21-20(22)10-3-1-9(2-4-10)13-7-8-14-11-5-6-12-15-17-18-19(12)16-11/h1-6,13H,7-8H2,(H,14,16). The Bertz CT molecular complexity index is 785. The molecule has 22 heavy (non-hydrogen) atoms. The number of nitrogens with zero attached hydrogens (tertiary/aromatic N) is 6. The number of rotatable bonds is 6. The Morgan fingerprint density at radius 3 is 2.64 bits per heavy atom. The van der Waals surface area contributed by atoms with Crippen LogP contribution in [0.1, 0.15) is 0 Å². The monoisotopic (exact) mass is 300 g/mol. The van der Waals surface area contributed by atoms with Gasteiger partial charge in [-0.3, -0.25) is 10.1 Å². The van der Waals surface area contributed by atoms with Gasteiger partial charge in [0.05, 0.1) is 4.92 Å². The summed E-state index contributed by atoms with van der Waals surface area (Å²) in [7, 11) is 0. The van der Waals surface area contributed by atoms with Gasteiger partial charge in [0.1, 0.15) is 5.82 Å². The summed E-state index contributed by atoms with van der Waals surface area (Å²) in [5.41, 5.74) is 1.47. The first-order chi connectivity index (χ1) is 10.7. The highest BCUT2D eigenvalue weighted by Crippen LogP contribution is 2.14. The molecule has 0 spiro atoms. The summed E-state index contributed by atoms with van der Waals surface area (Å²) in [4.78, 5) is 10.1. The van der Waals surface area contributed by atoms with Crippen LogP contribution in [-0.4, -0.2) is 43.3 Å². The number of benzene rings is 1. The molecule has 0 saturated carbocycles. The lowest BCUT2D eigenvalue weighted by atomic mass is 10.3. The van der Waals surface area contributed by atoms with Gasteiger partial charge >= 0.3 is 0 Å². The summed E-state index contributed by atoms with van der Waals surface area (Å²) >= 11 is 0. The van der Waals surface area contributed by atoms with Crippen LogP contribution in [0.3, 0.4) is 0 Å².